The highest BCUT2D eigenvalue weighted by molar-refractivity contribution is 4.89. The van der Waals surface area contributed by atoms with E-state index in [2.05, 4.69) is 37.9 Å². The largest absolute Gasteiger partial charge is 0.314 e. The molecule has 1 aliphatic heterocycles. The Balaban J connectivity index is 1.94. The number of hydrogen-bond acceptors (Lipinski definition) is 2. The summed E-state index contributed by atoms with van der Waals surface area (Å²) in [5.41, 5.74) is 0. The van der Waals surface area contributed by atoms with Crippen LogP contribution < -0.4 is 5.32 Å². The standard InChI is InChI=1S/C17H34N2/c1-5-18-16-9-8-14(4)11-15(16)12-19-10-6-7-17(19)13(2)3/h13-18H,5-12H2,1-4H3. The van der Waals surface area contributed by atoms with Crippen molar-refractivity contribution in [3.63, 3.8) is 0 Å². The average molecular weight is 266 g/mol. The third kappa shape index (κ3) is 3.95. The summed E-state index contributed by atoms with van der Waals surface area (Å²) >= 11 is 0. The van der Waals surface area contributed by atoms with Crippen molar-refractivity contribution in [1.82, 2.24) is 10.2 Å². The zero-order valence-electron chi connectivity index (χ0n) is 13.5. The lowest BCUT2D eigenvalue weighted by molar-refractivity contribution is 0.121. The van der Waals surface area contributed by atoms with Gasteiger partial charge in [0.15, 0.2) is 0 Å². The van der Waals surface area contributed by atoms with Crippen molar-refractivity contribution in [2.24, 2.45) is 17.8 Å². The van der Waals surface area contributed by atoms with Crippen molar-refractivity contribution in [1.29, 1.82) is 0 Å². The Labute approximate surface area is 120 Å². The van der Waals surface area contributed by atoms with Crippen molar-refractivity contribution in [2.45, 2.75) is 71.9 Å². The summed E-state index contributed by atoms with van der Waals surface area (Å²) in [5, 5.41) is 3.75. The summed E-state index contributed by atoms with van der Waals surface area (Å²) in [7, 11) is 0. The highest BCUT2D eigenvalue weighted by Gasteiger charge is 2.33. The smallest absolute Gasteiger partial charge is 0.0119 e. The van der Waals surface area contributed by atoms with Crippen LogP contribution in [0.1, 0.15) is 59.8 Å². The van der Waals surface area contributed by atoms with Gasteiger partial charge in [0, 0.05) is 18.6 Å². The van der Waals surface area contributed by atoms with E-state index in [1.165, 1.54) is 45.2 Å². The maximum Gasteiger partial charge on any atom is 0.0119 e. The SMILES string of the molecule is CCNC1CCC(C)CC1CN1CCCC1C(C)C. The Morgan fingerprint density at radius 3 is 2.68 bits per heavy atom. The molecule has 0 spiro atoms. The van der Waals surface area contributed by atoms with Gasteiger partial charge in [-0.1, -0.05) is 27.7 Å². The maximum absolute atomic E-state index is 3.75. The minimum absolute atomic E-state index is 0.773. The average Bonchev–Trinajstić information content (AvgIpc) is 2.81. The van der Waals surface area contributed by atoms with Gasteiger partial charge >= 0.3 is 0 Å². The Bertz CT molecular complexity index is 264. The predicted octanol–water partition coefficient (Wildman–Crippen LogP) is 3.52. The van der Waals surface area contributed by atoms with E-state index < -0.39 is 0 Å². The van der Waals surface area contributed by atoms with E-state index >= 15 is 0 Å². The van der Waals surface area contributed by atoms with Crippen molar-refractivity contribution < 1.29 is 0 Å². The number of nitrogens with one attached hydrogen (secondary N) is 1. The van der Waals surface area contributed by atoms with Crippen LogP contribution in [0.3, 0.4) is 0 Å². The molecule has 0 amide bonds. The predicted molar refractivity (Wildman–Crippen MR) is 83.4 cm³/mol. The molecule has 0 aromatic heterocycles. The zero-order valence-corrected chi connectivity index (χ0v) is 13.5. The van der Waals surface area contributed by atoms with Crippen molar-refractivity contribution in [3.8, 4) is 0 Å². The van der Waals surface area contributed by atoms with Gasteiger partial charge in [0.05, 0.1) is 0 Å². The molecule has 1 aliphatic carbocycles. The second-order valence-corrected chi connectivity index (χ2v) is 7.29. The van der Waals surface area contributed by atoms with Gasteiger partial charge in [0.25, 0.3) is 0 Å². The van der Waals surface area contributed by atoms with Gasteiger partial charge in [-0.25, -0.2) is 0 Å². The lowest BCUT2D eigenvalue weighted by atomic mass is 9.78. The molecule has 2 nitrogen and oxygen atoms in total. The van der Waals surface area contributed by atoms with Crippen molar-refractivity contribution in [2.75, 3.05) is 19.6 Å². The molecule has 4 unspecified atom stereocenters. The number of likely N-dealkylation sites (tertiary alicyclic amines) is 1. The van der Waals surface area contributed by atoms with Crippen LogP contribution in [0.15, 0.2) is 0 Å². The number of hydrogen-bond donors (Lipinski definition) is 1. The minimum Gasteiger partial charge on any atom is -0.314 e. The Hall–Kier alpha value is -0.0800. The third-order valence-electron chi connectivity index (χ3n) is 5.36. The summed E-state index contributed by atoms with van der Waals surface area (Å²) in [6.07, 6.45) is 7.07. The van der Waals surface area contributed by atoms with Crippen LogP contribution in [0.25, 0.3) is 0 Å². The fourth-order valence-electron chi connectivity index (χ4n) is 4.37. The zero-order chi connectivity index (χ0) is 13.8. The molecule has 0 aromatic carbocycles. The Morgan fingerprint density at radius 2 is 2.00 bits per heavy atom. The molecule has 1 heterocycles. The maximum atomic E-state index is 3.75. The molecule has 2 heteroatoms. The van der Waals surface area contributed by atoms with Gasteiger partial charge in [0.1, 0.15) is 0 Å². The quantitative estimate of drug-likeness (QED) is 0.819. The summed E-state index contributed by atoms with van der Waals surface area (Å²) < 4.78 is 0. The Kier molecular flexibility index (Phi) is 5.70. The molecule has 112 valence electrons. The number of nitrogens with zero attached hydrogens (tertiary/aromatic N) is 1. The van der Waals surface area contributed by atoms with Gasteiger partial charge in [-0.2, -0.15) is 0 Å². The molecule has 1 saturated heterocycles. The van der Waals surface area contributed by atoms with Crippen LogP contribution in [0.4, 0.5) is 0 Å². The first-order valence-corrected chi connectivity index (χ1v) is 8.59. The van der Waals surface area contributed by atoms with Gasteiger partial charge in [-0.05, 0) is 62.9 Å². The van der Waals surface area contributed by atoms with E-state index in [0.717, 1.165) is 36.4 Å². The van der Waals surface area contributed by atoms with E-state index in [1.54, 1.807) is 0 Å². The van der Waals surface area contributed by atoms with E-state index in [9.17, 15) is 0 Å². The van der Waals surface area contributed by atoms with E-state index in [-0.39, 0.29) is 0 Å². The van der Waals surface area contributed by atoms with Crippen LogP contribution >= 0.6 is 0 Å². The van der Waals surface area contributed by atoms with E-state index in [0.29, 0.717) is 0 Å². The van der Waals surface area contributed by atoms with Gasteiger partial charge < -0.3 is 5.32 Å². The van der Waals surface area contributed by atoms with Crippen LogP contribution in [0.2, 0.25) is 0 Å². The molecular formula is C17H34N2. The molecule has 0 radical (unpaired) electrons. The first kappa shape index (κ1) is 15.3. The normalized spacial score (nSPS) is 37.1. The van der Waals surface area contributed by atoms with Crippen molar-refractivity contribution in [3.05, 3.63) is 0 Å². The van der Waals surface area contributed by atoms with Crippen LogP contribution in [-0.2, 0) is 0 Å². The molecule has 4 atom stereocenters. The van der Waals surface area contributed by atoms with Crippen LogP contribution in [0.5, 0.6) is 0 Å². The van der Waals surface area contributed by atoms with Gasteiger partial charge in [-0.15, -0.1) is 0 Å². The third-order valence-corrected chi connectivity index (χ3v) is 5.36. The summed E-state index contributed by atoms with van der Waals surface area (Å²) in [6.45, 7) is 13.3. The summed E-state index contributed by atoms with van der Waals surface area (Å²) in [5.74, 6) is 2.63. The van der Waals surface area contributed by atoms with Crippen LogP contribution in [0, 0.1) is 17.8 Å². The first-order valence-electron chi connectivity index (χ1n) is 8.59. The Morgan fingerprint density at radius 1 is 1.21 bits per heavy atom. The topological polar surface area (TPSA) is 15.3 Å². The second kappa shape index (κ2) is 7.08. The molecule has 19 heavy (non-hydrogen) atoms. The molecule has 0 bridgehead atoms. The molecule has 2 fully saturated rings. The fraction of sp³-hybridized carbons (Fsp3) is 1.00. The minimum atomic E-state index is 0.773. The number of rotatable bonds is 5. The fourth-order valence-corrected chi connectivity index (χ4v) is 4.37. The van der Waals surface area contributed by atoms with Gasteiger partial charge in [-0.3, -0.25) is 4.90 Å². The second-order valence-electron chi connectivity index (χ2n) is 7.29. The van der Waals surface area contributed by atoms with Gasteiger partial charge in [0.2, 0.25) is 0 Å². The van der Waals surface area contributed by atoms with E-state index in [1.807, 2.05) is 0 Å². The van der Waals surface area contributed by atoms with Crippen LogP contribution in [-0.4, -0.2) is 36.6 Å². The highest BCUT2D eigenvalue weighted by atomic mass is 15.2. The molecule has 1 saturated carbocycles. The lowest BCUT2D eigenvalue weighted by Gasteiger charge is -2.39. The molecular weight excluding hydrogens is 232 g/mol. The summed E-state index contributed by atoms with van der Waals surface area (Å²) in [6, 6.07) is 1.62. The molecule has 1 N–H and O–H groups in total. The monoisotopic (exact) mass is 266 g/mol. The molecule has 2 rings (SSSR count). The van der Waals surface area contributed by atoms with E-state index in [4.69, 9.17) is 0 Å². The lowest BCUT2D eigenvalue weighted by Crippen LogP contribution is -2.47. The van der Waals surface area contributed by atoms with Crippen molar-refractivity contribution >= 4 is 0 Å². The first-order chi connectivity index (χ1) is 9.11. The highest BCUT2D eigenvalue weighted by Crippen LogP contribution is 2.32. The molecule has 0 aromatic rings. The molecule has 2 aliphatic rings. The summed E-state index contributed by atoms with van der Waals surface area (Å²) in [4.78, 5) is 2.80.